The number of H-pyrrole nitrogens is 1. The zero-order chi connectivity index (χ0) is 16.2. The molecule has 1 aliphatic heterocycles. The fraction of sp³-hybridized carbons (Fsp3) is 0.333. The van der Waals surface area contributed by atoms with Crippen molar-refractivity contribution in [3.63, 3.8) is 0 Å². The lowest BCUT2D eigenvalue weighted by atomic mass is 10.1. The molecule has 120 valence electrons. The molecule has 5 nitrogen and oxygen atoms in total. The van der Waals surface area contributed by atoms with Crippen LogP contribution < -0.4 is 4.74 Å². The van der Waals surface area contributed by atoms with Gasteiger partial charge in [-0.2, -0.15) is 0 Å². The molecule has 1 aromatic heterocycles. The van der Waals surface area contributed by atoms with E-state index in [0.29, 0.717) is 31.2 Å². The number of imidazole rings is 1. The predicted octanol–water partition coefficient (Wildman–Crippen LogP) is 2.87. The van der Waals surface area contributed by atoms with Gasteiger partial charge in [0.1, 0.15) is 18.2 Å². The third-order valence-electron chi connectivity index (χ3n) is 3.67. The normalized spacial score (nSPS) is 13.3. The molecule has 3 rings (SSSR count). The maximum absolute atomic E-state index is 12.9. The Morgan fingerprint density at radius 1 is 1.39 bits per heavy atom. The van der Waals surface area contributed by atoms with Crippen molar-refractivity contribution >= 4 is 12.0 Å². The fourth-order valence-corrected chi connectivity index (χ4v) is 2.67. The average molecular weight is 311 g/mol. The molecule has 1 N–H and O–H groups in total. The molecule has 0 spiro atoms. The minimum Gasteiger partial charge on any atom is -0.488 e. The highest BCUT2D eigenvalue weighted by Crippen LogP contribution is 2.26. The average Bonchev–Trinajstić information content (AvgIpc) is 3.06. The number of amides is 1. The lowest BCUT2D eigenvalue weighted by molar-refractivity contribution is -0.128. The summed E-state index contributed by atoms with van der Waals surface area (Å²) in [6.45, 7) is 5.66. The minimum atomic E-state index is 0.00426. The molecule has 1 aromatic carbocycles. The summed E-state index contributed by atoms with van der Waals surface area (Å²) < 4.78 is 5.71. The summed E-state index contributed by atoms with van der Waals surface area (Å²) >= 11 is 0. The molecule has 2 aromatic rings. The highest BCUT2D eigenvalue weighted by molar-refractivity contribution is 5.99. The number of nitrogens with zero attached hydrogens (tertiary/aromatic N) is 2. The van der Waals surface area contributed by atoms with Crippen LogP contribution in [-0.2, 0) is 11.3 Å². The van der Waals surface area contributed by atoms with Crippen LogP contribution in [0.4, 0.5) is 0 Å². The Morgan fingerprint density at radius 3 is 2.96 bits per heavy atom. The van der Waals surface area contributed by atoms with Gasteiger partial charge in [0.2, 0.25) is 0 Å². The number of carbonyl (C=O) groups excluding carboxylic acids is 1. The van der Waals surface area contributed by atoms with Crippen molar-refractivity contribution in [1.29, 1.82) is 0 Å². The number of nitrogens with one attached hydrogen (secondary N) is 1. The Balaban J connectivity index is 1.82. The zero-order valence-corrected chi connectivity index (χ0v) is 13.5. The molecule has 0 saturated carbocycles. The fourth-order valence-electron chi connectivity index (χ4n) is 2.67. The molecule has 0 radical (unpaired) electrons. The van der Waals surface area contributed by atoms with Crippen molar-refractivity contribution in [3.05, 3.63) is 53.6 Å². The van der Waals surface area contributed by atoms with E-state index in [1.54, 1.807) is 12.4 Å². The maximum atomic E-state index is 12.9. The molecule has 23 heavy (non-hydrogen) atoms. The van der Waals surface area contributed by atoms with Gasteiger partial charge in [0.25, 0.3) is 5.91 Å². The van der Waals surface area contributed by atoms with E-state index < -0.39 is 0 Å². The third kappa shape index (κ3) is 3.62. The first kappa shape index (κ1) is 15.3. The molecule has 5 heteroatoms. The second-order valence-electron chi connectivity index (χ2n) is 6.11. The van der Waals surface area contributed by atoms with E-state index in [9.17, 15) is 4.79 Å². The van der Waals surface area contributed by atoms with Crippen LogP contribution in [0.15, 0.2) is 42.2 Å². The lowest BCUT2D eigenvalue weighted by Crippen LogP contribution is -2.36. The number of benzene rings is 1. The summed E-state index contributed by atoms with van der Waals surface area (Å²) in [5, 5.41) is 0. The smallest absolute Gasteiger partial charge is 0.253 e. The number of fused-ring (bicyclic) bond motifs is 1. The molecule has 0 atom stereocenters. The number of ether oxygens (including phenoxy) is 1. The van der Waals surface area contributed by atoms with Crippen molar-refractivity contribution in [3.8, 4) is 5.75 Å². The van der Waals surface area contributed by atoms with E-state index >= 15 is 0 Å². The summed E-state index contributed by atoms with van der Waals surface area (Å²) in [5.74, 6) is 2.00. The number of rotatable bonds is 5. The van der Waals surface area contributed by atoms with Crippen LogP contribution in [-0.4, -0.2) is 33.9 Å². The molecular weight excluding hydrogens is 290 g/mol. The first-order chi connectivity index (χ1) is 11.1. The maximum Gasteiger partial charge on any atom is 0.253 e. The van der Waals surface area contributed by atoms with Gasteiger partial charge in [-0.3, -0.25) is 4.79 Å². The summed E-state index contributed by atoms with van der Waals surface area (Å²) in [5.41, 5.74) is 1.63. The Morgan fingerprint density at radius 2 is 2.22 bits per heavy atom. The van der Waals surface area contributed by atoms with Crippen LogP contribution in [0.25, 0.3) is 6.08 Å². The first-order valence-corrected chi connectivity index (χ1v) is 7.83. The van der Waals surface area contributed by atoms with E-state index in [1.807, 2.05) is 35.2 Å². The molecule has 2 heterocycles. The van der Waals surface area contributed by atoms with Gasteiger partial charge in [0.05, 0.1) is 12.1 Å². The van der Waals surface area contributed by atoms with Crippen molar-refractivity contribution < 1.29 is 9.53 Å². The van der Waals surface area contributed by atoms with Crippen LogP contribution in [0, 0.1) is 5.92 Å². The zero-order valence-electron chi connectivity index (χ0n) is 13.5. The summed E-state index contributed by atoms with van der Waals surface area (Å²) in [6, 6.07) is 7.76. The van der Waals surface area contributed by atoms with Crippen molar-refractivity contribution in [1.82, 2.24) is 14.9 Å². The SMILES string of the molecule is CC(C)CN(Cc1ncc[nH]1)C(=O)C1=Cc2ccccc2OC1. The Hall–Kier alpha value is -2.56. The highest BCUT2D eigenvalue weighted by Gasteiger charge is 2.23. The quantitative estimate of drug-likeness (QED) is 0.923. The van der Waals surface area contributed by atoms with Gasteiger partial charge in [0.15, 0.2) is 0 Å². The van der Waals surface area contributed by atoms with Crippen molar-refractivity contribution in [2.75, 3.05) is 13.2 Å². The second kappa shape index (κ2) is 6.69. The Bertz CT molecular complexity index is 705. The molecule has 1 aliphatic rings. The largest absolute Gasteiger partial charge is 0.488 e. The van der Waals surface area contributed by atoms with E-state index in [-0.39, 0.29) is 5.91 Å². The van der Waals surface area contributed by atoms with Crippen molar-refractivity contribution in [2.45, 2.75) is 20.4 Å². The van der Waals surface area contributed by atoms with E-state index in [1.165, 1.54) is 0 Å². The molecule has 0 saturated heterocycles. The van der Waals surface area contributed by atoms with Gasteiger partial charge < -0.3 is 14.6 Å². The van der Waals surface area contributed by atoms with E-state index in [4.69, 9.17) is 4.74 Å². The van der Waals surface area contributed by atoms with Gasteiger partial charge in [-0.25, -0.2) is 4.98 Å². The van der Waals surface area contributed by atoms with E-state index in [0.717, 1.165) is 17.1 Å². The third-order valence-corrected chi connectivity index (χ3v) is 3.67. The summed E-state index contributed by atoms with van der Waals surface area (Å²) in [7, 11) is 0. The number of aromatic nitrogens is 2. The number of carbonyl (C=O) groups is 1. The van der Waals surface area contributed by atoms with Crippen LogP contribution in [0.2, 0.25) is 0 Å². The number of hydrogen-bond donors (Lipinski definition) is 1. The second-order valence-corrected chi connectivity index (χ2v) is 6.11. The molecule has 0 unspecified atom stereocenters. The lowest BCUT2D eigenvalue weighted by Gasteiger charge is -2.26. The van der Waals surface area contributed by atoms with Gasteiger partial charge >= 0.3 is 0 Å². The van der Waals surface area contributed by atoms with Crippen LogP contribution in [0.5, 0.6) is 5.75 Å². The van der Waals surface area contributed by atoms with Gasteiger partial charge in [-0.1, -0.05) is 32.0 Å². The Kier molecular flexibility index (Phi) is 4.46. The monoisotopic (exact) mass is 311 g/mol. The van der Waals surface area contributed by atoms with Crippen molar-refractivity contribution in [2.24, 2.45) is 5.92 Å². The summed E-state index contributed by atoms with van der Waals surface area (Å²) in [4.78, 5) is 22.0. The first-order valence-electron chi connectivity index (χ1n) is 7.83. The van der Waals surface area contributed by atoms with Crippen LogP contribution in [0.1, 0.15) is 25.2 Å². The highest BCUT2D eigenvalue weighted by atomic mass is 16.5. The Labute approximate surface area is 136 Å². The van der Waals surface area contributed by atoms with Crippen LogP contribution in [0.3, 0.4) is 0 Å². The van der Waals surface area contributed by atoms with Gasteiger partial charge in [-0.15, -0.1) is 0 Å². The summed E-state index contributed by atoms with van der Waals surface area (Å²) in [6.07, 6.45) is 5.40. The van der Waals surface area contributed by atoms with Gasteiger partial charge in [-0.05, 0) is 18.1 Å². The number of hydrogen-bond acceptors (Lipinski definition) is 3. The molecule has 1 amide bonds. The standard InChI is InChI=1S/C18H21N3O2/c1-13(2)10-21(11-17-19-7-8-20-17)18(22)15-9-14-5-3-4-6-16(14)23-12-15/h3-9,13H,10-12H2,1-2H3,(H,19,20). The van der Waals surface area contributed by atoms with E-state index in [2.05, 4.69) is 23.8 Å². The minimum absolute atomic E-state index is 0.00426. The molecule has 0 aliphatic carbocycles. The number of para-hydroxylation sites is 1. The molecular formula is C18H21N3O2. The topological polar surface area (TPSA) is 58.2 Å². The molecule has 0 bridgehead atoms. The predicted molar refractivity (Wildman–Crippen MR) is 88.8 cm³/mol. The number of aromatic amines is 1. The van der Waals surface area contributed by atoms with Gasteiger partial charge in [0, 0.05) is 24.5 Å². The molecule has 0 fully saturated rings. The van der Waals surface area contributed by atoms with Crippen LogP contribution >= 0.6 is 0 Å².